The SMILES string of the molecule is C=C1CC[C@@H]2[C@](C)(CO)[C@H](O)CC[C@@]2(C)[C@@H]1COc1ccc2ccc(=O)oc2c1. The lowest BCUT2D eigenvalue weighted by Crippen LogP contribution is -2.58. The van der Waals surface area contributed by atoms with Crippen molar-refractivity contribution in [2.24, 2.45) is 22.7 Å². The van der Waals surface area contributed by atoms with Gasteiger partial charge in [0.1, 0.15) is 11.3 Å². The van der Waals surface area contributed by atoms with Crippen LogP contribution in [-0.4, -0.2) is 29.5 Å². The molecule has 5 atom stereocenters. The second kappa shape index (κ2) is 7.29. The number of hydrogen-bond donors (Lipinski definition) is 2. The maximum Gasteiger partial charge on any atom is 0.336 e. The largest absolute Gasteiger partial charge is 0.493 e. The van der Waals surface area contributed by atoms with E-state index in [1.54, 1.807) is 12.1 Å². The molecule has 0 saturated heterocycles. The van der Waals surface area contributed by atoms with Gasteiger partial charge >= 0.3 is 5.63 Å². The monoisotopic (exact) mass is 398 g/mol. The second-order valence-corrected chi connectivity index (χ2v) is 9.29. The average molecular weight is 398 g/mol. The van der Waals surface area contributed by atoms with Crippen molar-refractivity contribution in [3.8, 4) is 5.75 Å². The molecule has 0 bridgehead atoms. The van der Waals surface area contributed by atoms with E-state index in [0.29, 0.717) is 24.4 Å². The van der Waals surface area contributed by atoms with Crippen LogP contribution in [0.2, 0.25) is 0 Å². The summed E-state index contributed by atoms with van der Waals surface area (Å²) in [7, 11) is 0. The lowest BCUT2D eigenvalue weighted by Gasteiger charge is -2.59. The highest BCUT2D eigenvalue weighted by molar-refractivity contribution is 5.77. The lowest BCUT2D eigenvalue weighted by atomic mass is 9.46. The van der Waals surface area contributed by atoms with Crippen molar-refractivity contribution in [1.29, 1.82) is 0 Å². The van der Waals surface area contributed by atoms with Gasteiger partial charge in [-0.2, -0.15) is 0 Å². The number of aliphatic hydroxyl groups is 2. The van der Waals surface area contributed by atoms with Crippen LogP contribution in [0.5, 0.6) is 5.75 Å². The van der Waals surface area contributed by atoms with Crippen LogP contribution in [0.3, 0.4) is 0 Å². The summed E-state index contributed by atoms with van der Waals surface area (Å²) in [5, 5.41) is 21.6. The quantitative estimate of drug-likeness (QED) is 0.603. The van der Waals surface area contributed by atoms with Gasteiger partial charge in [0.05, 0.1) is 19.3 Å². The van der Waals surface area contributed by atoms with Crippen LogP contribution in [0.15, 0.2) is 51.7 Å². The fourth-order valence-corrected chi connectivity index (χ4v) is 5.82. The highest BCUT2D eigenvalue weighted by Gasteiger charge is 2.57. The Morgan fingerprint density at radius 3 is 2.76 bits per heavy atom. The Labute approximate surface area is 171 Å². The van der Waals surface area contributed by atoms with Crippen LogP contribution in [0.4, 0.5) is 0 Å². The minimum Gasteiger partial charge on any atom is -0.493 e. The van der Waals surface area contributed by atoms with Crippen molar-refractivity contribution in [1.82, 2.24) is 0 Å². The van der Waals surface area contributed by atoms with Gasteiger partial charge in [0.15, 0.2) is 0 Å². The Morgan fingerprint density at radius 1 is 1.24 bits per heavy atom. The Balaban J connectivity index is 1.59. The first kappa shape index (κ1) is 20.2. The van der Waals surface area contributed by atoms with E-state index in [2.05, 4.69) is 13.5 Å². The fraction of sp³-hybridized carbons (Fsp3) is 0.542. The molecule has 2 aromatic rings. The first-order valence-corrected chi connectivity index (χ1v) is 10.4. The van der Waals surface area contributed by atoms with E-state index >= 15 is 0 Å². The molecule has 2 fully saturated rings. The van der Waals surface area contributed by atoms with Crippen LogP contribution < -0.4 is 10.4 Å². The number of fused-ring (bicyclic) bond motifs is 2. The van der Waals surface area contributed by atoms with E-state index < -0.39 is 11.5 Å². The lowest BCUT2D eigenvalue weighted by molar-refractivity contribution is -0.154. The Hall–Kier alpha value is -2.11. The number of benzene rings is 1. The van der Waals surface area contributed by atoms with Crippen molar-refractivity contribution >= 4 is 11.0 Å². The van der Waals surface area contributed by atoms with Crippen molar-refractivity contribution in [3.63, 3.8) is 0 Å². The predicted octanol–water partition coefficient (Wildman–Crippen LogP) is 3.91. The topological polar surface area (TPSA) is 79.9 Å². The molecule has 1 aromatic carbocycles. The standard InChI is InChI=1S/C24H30O5/c1-15-4-8-20-23(2,11-10-21(26)24(20,3)14-25)18(15)13-28-17-7-5-16-6-9-22(27)29-19(16)12-17/h5-7,9,12,18,20-21,25-26H,1,4,8,10-11,13-14H2,2-3H3/t18-,20+,21-,23+,24+/m1/s1. The summed E-state index contributed by atoms with van der Waals surface area (Å²) in [4.78, 5) is 11.5. The van der Waals surface area contributed by atoms with Gasteiger partial charge in [-0.05, 0) is 55.2 Å². The molecule has 2 N–H and O–H groups in total. The molecule has 29 heavy (non-hydrogen) atoms. The molecule has 4 rings (SSSR count). The van der Waals surface area contributed by atoms with Crippen LogP contribution >= 0.6 is 0 Å². The van der Waals surface area contributed by atoms with Gasteiger partial charge in [-0.15, -0.1) is 0 Å². The number of hydrogen-bond acceptors (Lipinski definition) is 5. The summed E-state index contributed by atoms with van der Waals surface area (Å²) in [5.41, 5.74) is 0.714. The zero-order valence-corrected chi connectivity index (χ0v) is 17.2. The van der Waals surface area contributed by atoms with E-state index in [4.69, 9.17) is 9.15 Å². The maximum atomic E-state index is 11.5. The molecule has 0 radical (unpaired) electrons. The van der Waals surface area contributed by atoms with E-state index in [1.807, 2.05) is 19.1 Å². The van der Waals surface area contributed by atoms with Crippen LogP contribution in [0.25, 0.3) is 11.0 Å². The number of rotatable bonds is 4. The highest BCUT2D eigenvalue weighted by atomic mass is 16.5. The van der Waals surface area contributed by atoms with Crippen LogP contribution in [0.1, 0.15) is 39.5 Å². The van der Waals surface area contributed by atoms with Gasteiger partial charge in [-0.3, -0.25) is 0 Å². The third-order valence-corrected chi connectivity index (χ3v) is 7.70. The molecular formula is C24H30O5. The van der Waals surface area contributed by atoms with Gasteiger partial charge in [-0.25, -0.2) is 4.79 Å². The normalized spacial score (nSPS) is 34.8. The van der Waals surface area contributed by atoms with Gasteiger partial charge in [0.2, 0.25) is 0 Å². The van der Waals surface area contributed by atoms with E-state index in [1.165, 1.54) is 11.6 Å². The fourth-order valence-electron chi connectivity index (χ4n) is 5.82. The first-order chi connectivity index (χ1) is 13.8. The van der Waals surface area contributed by atoms with E-state index in [-0.39, 0.29) is 29.5 Å². The summed E-state index contributed by atoms with van der Waals surface area (Å²) in [6, 6.07) is 8.67. The predicted molar refractivity (Wildman–Crippen MR) is 112 cm³/mol. The molecule has 0 spiro atoms. The van der Waals surface area contributed by atoms with E-state index in [0.717, 1.165) is 24.6 Å². The molecule has 2 aliphatic carbocycles. The number of ether oxygens (including phenoxy) is 1. The van der Waals surface area contributed by atoms with Crippen molar-refractivity contribution in [2.45, 2.75) is 45.6 Å². The zero-order chi connectivity index (χ0) is 20.8. The first-order valence-electron chi connectivity index (χ1n) is 10.4. The molecule has 2 saturated carbocycles. The Morgan fingerprint density at radius 2 is 2.00 bits per heavy atom. The average Bonchev–Trinajstić information content (AvgIpc) is 2.70. The van der Waals surface area contributed by atoms with Gasteiger partial charge in [0, 0.05) is 28.9 Å². The van der Waals surface area contributed by atoms with Gasteiger partial charge in [-0.1, -0.05) is 26.0 Å². The van der Waals surface area contributed by atoms with Crippen molar-refractivity contribution < 1.29 is 19.4 Å². The summed E-state index contributed by atoms with van der Waals surface area (Å²) in [6.45, 7) is 9.07. The minimum atomic E-state index is -0.502. The maximum absolute atomic E-state index is 11.5. The number of aliphatic hydroxyl groups excluding tert-OH is 2. The third-order valence-electron chi connectivity index (χ3n) is 7.70. The van der Waals surface area contributed by atoms with E-state index in [9.17, 15) is 15.0 Å². The van der Waals surface area contributed by atoms with Crippen LogP contribution in [-0.2, 0) is 0 Å². The summed E-state index contributed by atoms with van der Waals surface area (Å²) in [5.74, 6) is 1.00. The van der Waals surface area contributed by atoms with Gasteiger partial charge in [0.25, 0.3) is 0 Å². The van der Waals surface area contributed by atoms with Crippen molar-refractivity contribution in [2.75, 3.05) is 13.2 Å². The molecular weight excluding hydrogens is 368 g/mol. The summed E-state index contributed by atoms with van der Waals surface area (Å²) in [6.07, 6.45) is 2.88. The molecule has 1 aromatic heterocycles. The second-order valence-electron chi connectivity index (χ2n) is 9.29. The molecule has 2 aliphatic rings. The summed E-state index contributed by atoms with van der Waals surface area (Å²) < 4.78 is 11.4. The molecule has 156 valence electrons. The molecule has 0 aliphatic heterocycles. The zero-order valence-electron chi connectivity index (χ0n) is 17.2. The smallest absolute Gasteiger partial charge is 0.336 e. The van der Waals surface area contributed by atoms with Crippen LogP contribution in [0, 0.1) is 22.7 Å². The van der Waals surface area contributed by atoms with Crippen molar-refractivity contribution in [3.05, 3.63) is 52.9 Å². The molecule has 5 heteroatoms. The molecule has 0 unspecified atom stereocenters. The minimum absolute atomic E-state index is 0.0157. The molecule has 0 amide bonds. The molecule has 1 heterocycles. The third kappa shape index (κ3) is 3.30. The molecule has 5 nitrogen and oxygen atoms in total. The highest BCUT2D eigenvalue weighted by Crippen LogP contribution is 2.60. The Bertz CT molecular complexity index is 979. The Kier molecular flexibility index (Phi) is 5.07. The van der Waals surface area contributed by atoms with Gasteiger partial charge < -0.3 is 19.4 Å². The summed E-state index contributed by atoms with van der Waals surface area (Å²) >= 11 is 0.